The van der Waals surface area contributed by atoms with Crippen molar-refractivity contribution in [3.8, 4) is 0 Å². The van der Waals surface area contributed by atoms with E-state index in [1.165, 1.54) is 6.26 Å². The average Bonchev–Trinajstić information content (AvgIpc) is 2.44. The van der Waals surface area contributed by atoms with Crippen LogP contribution in [-0.2, 0) is 16.3 Å². The molecule has 0 aliphatic carbocycles. The topological polar surface area (TPSA) is 83.5 Å². The minimum atomic E-state index is -2.92. The molecule has 0 atom stereocenters. The summed E-state index contributed by atoms with van der Waals surface area (Å²) in [6.07, 6.45) is 4.31. The number of halogens is 2. The van der Waals surface area contributed by atoms with Gasteiger partial charge in [-0.15, -0.1) is 24.0 Å². The van der Waals surface area contributed by atoms with Crippen molar-refractivity contribution in [2.75, 3.05) is 31.6 Å². The van der Waals surface area contributed by atoms with Crippen LogP contribution in [0.3, 0.4) is 0 Å². The molecule has 0 fully saturated rings. The predicted molar refractivity (Wildman–Crippen MR) is 107 cm³/mol. The molecule has 9 heteroatoms. The van der Waals surface area contributed by atoms with Crippen LogP contribution in [0.1, 0.15) is 18.9 Å². The van der Waals surface area contributed by atoms with Gasteiger partial charge in [-0.3, -0.25) is 4.99 Å². The van der Waals surface area contributed by atoms with Gasteiger partial charge in [-0.2, -0.15) is 0 Å². The van der Waals surface area contributed by atoms with Crippen LogP contribution >= 0.6 is 35.6 Å². The first-order chi connectivity index (χ1) is 10.4. The van der Waals surface area contributed by atoms with Gasteiger partial charge in [-0.05, 0) is 31.4 Å². The fourth-order valence-corrected chi connectivity index (χ4v) is 2.50. The number of sulfone groups is 1. The molecule has 1 heterocycles. The number of hydrogen-bond acceptors (Lipinski definition) is 4. The highest BCUT2D eigenvalue weighted by Gasteiger charge is 2.02. The number of pyridine rings is 1. The third-order valence-electron chi connectivity index (χ3n) is 2.78. The molecule has 0 aliphatic rings. The zero-order valence-electron chi connectivity index (χ0n) is 13.4. The Morgan fingerprint density at radius 1 is 1.35 bits per heavy atom. The fraction of sp³-hybridized carbons (Fsp3) is 0.571. The number of guanidine groups is 1. The van der Waals surface area contributed by atoms with Gasteiger partial charge in [0.15, 0.2) is 5.96 Å². The second kappa shape index (κ2) is 11.9. The van der Waals surface area contributed by atoms with Crippen molar-refractivity contribution in [1.82, 2.24) is 15.6 Å². The Kier molecular flexibility index (Phi) is 11.5. The first-order valence-corrected chi connectivity index (χ1v) is 9.65. The van der Waals surface area contributed by atoms with E-state index in [1.807, 2.05) is 13.0 Å². The Labute approximate surface area is 160 Å². The summed E-state index contributed by atoms with van der Waals surface area (Å²) in [5, 5.41) is 6.82. The maximum Gasteiger partial charge on any atom is 0.191 e. The van der Waals surface area contributed by atoms with Gasteiger partial charge < -0.3 is 10.6 Å². The van der Waals surface area contributed by atoms with Crippen LogP contribution in [0.25, 0.3) is 0 Å². The third-order valence-corrected chi connectivity index (χ3v) is 4.04. The molecular formula is C14H24ClIN4O2S. The van der Waals surface area contributed by atoms with Crippen molar-refractivity contribution in [3.05, 3.63) is 29.0 Å². The molecule has 1 aromatic rings. The van der Waals surface area contributed by atoms with E-state index in [0.29, 0.717) is 30.6 Å². The molecule has 0 amide bonds. The number of nitrogens with zero attached hydrogens (tertiary/aromatic N) is 2. The molecule has 0 radical (unpaired) electrons. The number of rotatable bonds is 8. The highest BCUT2D eigenvalue weighted by molar-refractivity contribution is 14.0. The minimum Gasteiger partial charge on any atom is -0.357 e. The van der Waals surface area contributed by atoms with Gasteiger partial charge in [-0.1, -0.05) is 17.7 Å². The van der Waals surface area contributed by atoms with Gasteiger partial charge in [0.25, 0.3) is 0 Å². The third kappa shape index (κ3) is 11.5. The summed E-state index contributed by atoms with van der Waals surface area (Å²) >= 11 is 5.74. The first kappa shape index (κ1) is 22.4. The summed E-state index contributed by atoms with van der Waals surface area (Å²) in [4.78, 5) is 8.39. The van der Waals surface area contributed by atoms with Crippen LogP contribution in [0.5, 0.6) is 0 Å². The van der Waals surface area contributed by atoms with Gasteiger partial charge in [0.05, 0.1) is 5.75 Å². The van der Waals surface area contributed by atoms with Gasteiger partial charge in [-0.25, -0.2) is 13.4 Å². The van der Waals surface area contributed by atoms with Gasteiger partial charge in [0, 0.05) is 32.1 Å². The molecule has 0 bridgehead atoms. The van der Waals surface area contributed by atoms with Gasteiger partial charge in [0.1, 0.15) is 15.0 Å². The summed E-state index contributed by atoms with van der Waals surface area (Å²) in [5.41, 5.74) is 1.09. The second-order valence-electron chi connectivity index (χ2n) is 4.91. The Hall–Kier alpha value is -0.610. The molecule has 0 aliphatic heterocycles. The number of nitrogens with one attached hydrogen (secondary N) is 2. The van der Waals surface area contributed by atoms with Crippen molar-refractivity contribution in [2.45, 2.75) is 19.8 Å². The van der Waals surface area contributed by atoms with E-state index >= 15 is 0 Å². The molecule has 2 N–H and O–H groups in total. The predicted octanol–water partition coefficient (Wildman–Crippen LogP) is 1.89. The molecule has 23 heavy (non-hydrogen) atoms. The zero-order valence-corrected chi connectivity index (χ0v) is 17.3. The van der Waals surface area contributed by atoms with Crippen molar-refractivity contribution < 1.29 is 8.42 Å². The molecule has 1 rings (SSSR count). The van der Waals surface area contributed by atoms with Crippen LogP contribution in [0.15, 0.2) is 23.3 Å². The van der Waals surface area contributed by atoms with Gasteiger partial charge >= 0.3 is 0 Å². The maximum atomic E-state index is 11.1. The smallest absolute Gasteiger partial charge is 0.191 e. The summed E-state index contributed by atoms with van der Waals surface area (Å²) in [6, 6.07) is 3.70. The van der Waals surface area contributed by atoms with E-state index in [1.54, 1.807) is 12.3 Å². The highest BCUT2D eigenvalue weighted by Crippen LogP contribution is 2.05. The largest absolute Gasteiger partial charge is 0.357 e. The Bertz CT molecular complexity index is 579. The lowest BCUT2D eigenvalue weighted by Gasteiger charge is -2.11. The summed E-state index contributed by atoms with van der Waals surface area (Å²) in [5.74, 6) is 0.852. The summed E-state index contributed by atoms with van der Waals surface area (Å²) < 4.78 is 22.1. The molecular weight excluding hydrogens is 451 g/mol. The van der Waals surface area contributed by atoms with Crippen molar-refractivity contribution in [3.63, 3.8) is 0 Å². The van der Waals surface area contributed by atoms with Crippen LogP contribution in [0.2, 0.25) is 5.15 Å². The molecule has 132 valence electrons. The normalized spacial score (nSPS) is 11.7. The lowest BCUT2D eigenvalue weighted by atomic mass is 10.2. The van der Waals surface area contributed by atoms with Crippen LogP contribution < -0.4 is 10.6 Å². The SMILES string of the molecule is CCNC(=NCCCS(C)(=O)=O)NCCc1ccc(Cl)nc1.I. The molecule has 0 aromatic carbocycles. The van der Waals surface area contributed by atoms with Crippen molar-refractivity contribution in [2.24, 2.45) is 4.99 Å². The van der Waals surface area contributed by atoms with Crippen LogP contribution in [0, 0.1) is 0 Å². The average molecular weight is 475 g/mol. The molecule has 1 aromatic heterocycles. The van der Waals surface area contributed by atoms with E-state index < -0.39 is 9.84 Å². The quantitative estimate of drug-likeness (QED) is 0.198. The number of aromatic nitrogens is 1. The van der Waals surface area contributed by atoms with Gasteiger partial charge in [0.2, 0.25) is 0 Å². The highest BCUT2D eigenvalue weighted by atomic mass is 127. The molecule has 0 unspecified atom stereocenters. The van der Waals surface area contributed by atoms with Crippen molar-refractivity contribution >= 4 is 51.4 Å². The Morgan fingerprint density at radius 3 is 2.65 bits per heavy atom. The lowest BCUT2D eigenvalue weighted by Crippen LogP contribution is -2.38. The van der Waals surface area contributed by atoms with E-state index in [-0.39, 0.29) is 29.7 Å². The minimum absolute atomic E-state index is 0. The molecule has 0 spiro atoms. The standard InChI is InChI=1S/C14H23ClN4O2S.HI/c1-3-16-14(17-8-4-10-22(2,20)21)18-9-7-12-5-6-13(15)19-11-12;/h5-6,11H,3-4,7-10H2,1-2H3,(H2,16,17,18);1H. The van der Waals surface area contributed by atoms with E-state index in [2.05, 4.69) is 20.6 Å². The monoisotopic (exact) mass is 474 g/mol. The molecule has 6 nitrogen and oxygen atoms in total. The summed E-state index contributed by atoms with van der Waals surface area (Å²) in [7, 11) is -2.92. The lowest BCUT2D eigenvalue weighted by molar-refractivity contribution is 0.599. The van der Waals surface area contributed by atoms with E-state index in [0.717, 1.165) is 18.5 Å². The number of hydrogen-bond donors (Lipinski definition) is 2. The van der Waals surface area contributed by atoms with E-state index in [9.17, 15) is 8.42 Å². The Morgan fingerprint density at radius 2 is 2.09 bits per heavy atom. The van der Waals surface area contributed by atoms with Crippen LogP contribution in [0.4, 0.5) is 0 Å². The zero-order chi connectivity index (χ0) is 16.4. The fourth-order valence-electron chi connectivity index (χ4n) is 1.74. The molecule has 0 saturated carbocycles. The molecule has 0 saturated heterocycles. The van der Waals surface area contributed by atoms with E-state index in [4.69, 9.17) is 11.6 Å². The van der Waals surface area contributed by atoms with Crippen molar-refractivity contribution in [1.29, 1.82) is 0 Å². The Balaban J connectivity index is 0.00000484. The van der Waals surface area contributed by atoms with Crippen LogP contribution in [-0.4, -0.2) is 51.0 Å². The second-order valence-corrected chi connectivity index (χ2v) is 7.56. The maximum absolute atomic E-state index is 11.1. The summed E-state index contributed by atoms with van der Waals surface area (Å²) in [6.45, 7) is 3.92. The number of aliphatic imine (C=N–C) groups is 1. The first-order valence-electron chi connectivity index (χ1n) is 7.21.